The van der Waals surface area contributed by atoms with Crippen molar-refractivity contribution in [1.82, 2.24) is 0 Å². The van der Waals surface area contributed by atoms with E-state index in [1.807, 2.05) is 44.2 Å². The molecule has 0 saturated carbocycles. The van der Waals surface area contributed by atoms with Crippen molar-refractivity contribution < 1.29 is 14.4 Å². The van der Waals surface area contributed by atoms with Crippen molar-refractivity contribution in [1.29, 1.82) is 0 Å². The average molecular weight is 368 g/mol. The van der Waals surface area contributed by atoms with Crippen LogP contribution >= 0.6 is 11.8 Å². The van der Waals surface area contributed by atoms with E-state index in [0.717, 1.165) is 11.1 Å². The fourth-order valence-electron chi connectivity index (χ4n) is 2.77. The zero-order valence-corrected chi connectivity index (χ0v) is 15.5. The lowest BCUT2D eigenvalue weighted by atomic mass is 10.1. The summed E-state index contributed by atoms with van der Waals surface area (Å²) in [6.07, 6.45) is 0.120. The molecule has 0 spiro atoms. The second-order valence-electron chi connectivity index (χ2n) is 6.25. The van der Waals surface area contributed by atoms with E-state index in [0.29, 0.717) is 11.4 Å². The Hall–Kier alpha value is -2.60. The predicted molar refractivity (Wildman–Crippen MR) is 104 cm³/mol. The molecule has 0 radical (unpaired) electrons. The van der Waals surface area contributed by atoms with Crippen LogP contribution in [0.1, 0.15) is 17.5 Å². The highest BCUT2D eigenvalue weighted by molar-refractivity contribution is 8.01. The largest absolute Gasteiger partial charge is 0.325 e. The monoisotopic (exact) mass is 368 g/mol. The molecule has 26 heavy (non-hydrogen) atoms. The van der Waals surface area contributed by atoms with Crippen molar-refractivity contribution in [2.75, 3.05) is 16.0 Å². The van der Waals surface area contributed by atoms with Gasteiger partial charge in [-0.05, 0) is 49.2 Å². The predicted octanol–water partition coefficient (Wildman–Crippen LogP) is 3.31. The maximum atomic E-state index is 12.6. The van der Waals surface area contributed by atoms with Crippen molar-refractivity contribution in [3.63, 3.8) is 0 Å². The lowest BCUT2D eigenvalue weighted by molar-refractivity contribution is -0.121. The van der Waals surface area contributed by atoms with Gasteiger partial charge in [0.05, 0.1) is 16.7 Å². The molecule has 1 unspecified atom stereocenters. The highest BCUT2D eigenvalue weighted by Gasteiger charge is 2.40. The first-order valence-corrected chi connectivity index (χ1v) is 9.41. The topological polar surface area (TPSA) is 66.5 Å². The molecule has 5 nitrogen and oxygen atoms in total. The fourth-order valence-corrected chi connectivity index (χ4v) is 3.70. The van der Waals surface area contributed by atoms with Crippen LogP contribution in [-0.2, 0) is 14.4 Å². The van der Waals surface area contributed by atoms with Gasteiger partial charge < -0.3 is 5.32 Å². The van der Waals surface area contributed by atoms with E-state index in [2.05, 4.69) is 5.32 Å². The molecule has 1 N–H and O–H groups in total. The van der Waals surface area contributed by atoms with Gasteiger partial charge in [0.1, 0.15) is 0 Å². The summed E-state index contributed by atoms with van der Waals surface area (Å²) in [6.45, 7) is 3.93. The van der Waals surface area contributed by atoms with E-state index in [9.17, 15) is 14.4 Å². The summed E-state index contributed by atoms with van der Waals surface area (Å²) in [5.74, 6) is -0.541. The lowest BCUT2D eigenvalue weighted by Gasteiger charge is -2.16. The molecule has 0 bridgehead atoms. The first kappa shape index (κ1) is 18.2. The first-order chi connectivity index (χ1) is 12.5. The lowest BCUT2D eigenvalue weighted by Crippen LogP contribution is -2.31. The maximum Gasteiger partial charge on any atom is 0.247 e. The third-order valence-corrected chi connectivity index (χ3v) is 5.53. The van der Waals surface area contributed by atoms with Gasteiger partial charge in [-0.25, -0.2) is 4.90 Å². The van der Waals surface area contributed by atoms with Crippen LogP contribution in [0.15, 0.2) is 48.5 Å². The molecule has 0 aliphatic carbocycles. The van der Waals surface area contributed by atoms with Crippen LogP contribution in [0.2, 0.25) is 0 Å². The summed E-state index contributed by atoms with van der Waals surface area (Å²) in [5.41, 5.74) is 3.45. The SMILES string of the molecule is Cc1ccc(N2C(=O)CC(SCC(=O)Nc3ccccc3)C2=O)cc1C. The number of amides is 3. The number of rotatable bonds is 5. The molecule has 1 atom stereocenters. The number of carbonyl (C=O) groups excluding carboxylic acids is 3. The third kappa shape index (κ3) is 3.96. The van der Waals surface area contributed by atoms with Crippen LogP contribution in [0.5, 0.6) is 0 Å². The minimum atomic E-state index is -0.523. The van der Waals surface area contributed by atoms with Crippen LogP contribution < -0.4 is 10.2 Å². The number of aryl methyl sites for hydroxylation is 2. The Kier molecular flexibility index (Phi) is 5.42. The van der Waals surface area contributed by atoms with Crippen LogP contribution in [0, 0.1) is 13.8 Å². The van der Waals surface area contributed by atoms with Crippen LogP contribution in [0.25, 0.3) is 0 Å². The molecule has 1 saturated heterocycles. The molecule has 1 heterocycles. The molecule has 2 aromatic rings. The second kappa shape index (κ2) is 7.74. The smallest absolute Gasteiger partial charge is 0.247 e. The van der Waals surface area contributed by atoms with E-state index < -0.39 is 5.25 Å². The number of nitrogens with zero attached hydrogens (tertiary/aromatic N) is 1. The van der Waals surface area contributed by atoms with E-state index in [4.69, 9.17) is 0 Å². The molecule has 0 aromatic heterocycles. The molecule has 1 fully saturated rings. The van der Waals surface area contributed by atoms with E-state index in [1.54, 1.807) is 18.2 Å². The van der Waals surface area contributed by atoms with Crippen molar-refractivity contribution in [3.8, 4) is 0 Å². The second-order valence-corrected chi connectivity index (χ2v) is 7.44. The van der Waals surface area contributed by atoms with Crippen molar-refractivity contribution in [2.24, 2.45) is 0 Å². The number of hydrogen-bond donors (Lipinski definition) is 1. The Labute approximate surface area is 156 Å². The molecule has 134 valence electrons. The Morgan fingerprint density at radius 2 is 1.85 bits per heavy atom. The van der Waals surface area contributed by atoms with Gasteiger partial charge in [-0.15, -0.1) is 11.8 Å². The molecular weight excluding hydrogens is 348 g/mol. The number of anilines is 2. The molecular formula is C20H20N2O3S. The number of thioether (sulfide) groups is 1. The van der Waals surface area contributed by atoms with E-state index in [-0.39, 0.29) is 29.9 Å². The molecule has 3 amide bonds. The Morgan fingerprint density at radius 1 is 1.12 bits per heavy atom. The fraction of sp³-hybridized carbons (Fsp3) is 0.250. The third-order valence-electron chi connectivity index (χ3n) is 4.33. The van der Waals surface area contributed by atoms with Gasteiger partial charge in [-0.1, -0.05) is 24.3 Å². The summed E-state index contributed by atoms with van der Waals surface area (Å²) in [6, 6.07) is 14.7. The minimum Gasteiger partial charge on any atom is -0.325 e. The minimum absolute atomic E-state index is 0.120. The molecule has 3 rings (SSSR count). The van der Waals surface area contributed by atoms with Crippen LogP contribution in [-0.4, -0.2) is 28.7 Å². The summed E-state index contributed by atoms with van der Waals surface area (Å²) < 4.78 is 0. The Morgan fingerprint density at radius 3 is 2.54 bits per heavy atom. The zero-order valence-electron chi connectivity index (χ0n) is 14.7. The average Bonchev–Trinajstić information content (AvgIpc) is 2.90. The molecule has 6 heteroatoms. The van der Waals surface area contributed by atoms with Gasteiger partial charge >= 0.3 is 0 Å². The van der Waals surface area contributed by atoms with Gasteiger partial charge in [-0.3, -0.25) is 14.4 Å². The molecule has 1 aliphatic rings. The highest BCUT2D eigenvalue weighted by Crippen LogP contribution is 2.30. The summed E-state index contributed by atoms with van der Waals surface area (Å²) >= 11 is 1.20. The number of para-hydroxylation sites is 1. The summed E-state index contributed by atoms with van der Waals surface area (Å²) in [7, 11) is 0. The molecule has 2 aromatic carbocycles. The number of hydrogen-bond acceptors (Lipinski definition) is 4. The van der Waals surface area contributed by atoms with Gasteiger partial charge in [0.2, 0.25) is 17.7 Å². The first-order valence-electron chi connectivity index (χ1n) is 8.36. The number of imide groups is 1. The van der Waals surface area contributed by atoms with Crippen molar-refractivity contribution in [3.05, 3.63) is 59.7 Å². The van der Waals surface area contributed by atoms with Crippen LogP contribution in [0.3, 0.4) is 0 Å². The summed E-state index contributed by atoms with van der Waals surface area (Å²) in [5, 5.41) is 2.26. The van der Waals surface area contributed by atoms with Gasteiger partial charge in [0.15, 0.2) is 0 Å². The highest BCUT2D eigenvalue weighted by atomic mass is 32.2. The normalized spacial score (nSPS) is 16.8. The van der Waals surface area contributed by atoms with E-state index >= 15 is 0 Å². The number of nitrogens with one attached hydrogen (secondary N) is 1. The van der Waals surface area contributed by atoms with Gasteiger partial charge in [0, 0.05) is 12.1 Å². The van der Waals surface area contributed by atoms with Gasteiger partial charge in [0.25, 0.3) is 0 Å². The van der Waals surface area contributed by atoms with E-state index in [1.165, 1.54) is 16.7 Å². The van der Waals surface area contributed by atoms with Crippen molar-refractivity contribution >= 4 is 40.9 Å². The molecule has 1 aliphatic heterocycles. The Bertz CT molecular complexity index is 851. The quantitative estimate of drug-likeness (QED) is 0.823. The maximum absolute atomic E-state index is 12.6. The van der Waals surface area contributed by atoms with Crippen molar-refractivity contribution in [2.45, 2.75) is 25.5 Å². The standard InChI is InChI=1S/C20H20N2O3S/c1-13-8-9-16(10-14(13)2)22-19(24)11-17(20(22)25)26-12-18(23)21-15-6-4-3-5-7-15/h3-10,17H,11-12H2,1-2H3,(H,21,23). The Balaban J connectivity index is 1.61. The van der Waals surface area contributed by atoms with Gasteiger partial charge in [-0.2, -0.15) is 0 Å². The summed E-state index contributed by atoms with van der Waals surface area (Å²) in [4.78, 5) is 38.2. The number of carbonyl (C=O) groups is 3. The van der Waals surface area contributed by atoms with Crippen LogP contribution in [0.4, 0.5) is 11.4 Å². The zero-order chi connectivity index (χ0) is 18.7. The number of benzene rings is 2.